The van der Waals surface area contributed by atoms with Crippen molar-refractivity contribution in [3.8, 4) is 0 Å². The maximum atomic E-state index is 11.8. The standard InChI is InChI=1S/C13H15ClN4OS/c1-13(2-3-13)10-7-18(17-16-10)5-4-15-12(19)9-6-11(14)20-8-9/h6-8H,2-5H2,1H3,(H,15,19). The van der Waals surface area contributed by atoms with Crippen LogP contribution in [0.5, 0.6) is 0 Å². The van der Waals surface area contributed by atoms with Crippen LogP contribution in [-0.2, 0) is 12.0 Å². The van der Waals surface area contributed by atoms with E-state index in [-0.39, 0.29) is 11.3 Å². The fraction of sp³-hybridized carbons (Fsp3) is 0.462. The van der Waals surface area contributed by atoms with Crippen molar-refractivity contribution >= 4 is 28.8 Å². The summed E-state index contributed by atoms with van der Waals surface area (Å²) in [6.07, 6.45) is 4.34. The smallest absolute Gasteiger partial charge is 0.252 e. The number of aromatic nitrogens is 3. The number of thiophene rings is 1. The first kappa shape index (κ1) is 13.6. The molecule has 20 heavy (non-hydrogen) atoms. The normalized spacial score (nSPS) is 16.1. The number of hydrogen-bond acceptors (Lipinski definition) is 4. The van der Waals surface area contributed by atoms with Gasteiger partial charge in [0, 0.05) is 23.5 Å². The number of halogens is 1. The zero-order chi connectivity index (χ0) is 14.2. The van der Waals surface area contributed by atoms with Gasteiger partial charge in [-0.2, -0.15) is 0 Å². The van der Waals surface area contributed by atoms with Crippen LogP contribution in [0.2, 0.25) is 4.34 Å². The summed E-state index contributed by atoms with van der Waals surface area (Å²) in [5, 5.41) is 12.9. The molecule has 1 amide bonds. The predicted molar refractivity (Wildman–Crippen MR) is 78.3 cm³/mol. The molecule has 106 valence electrons. The number of rotatable bonds is 5. The summed E-state index contributed by atoms with van der Waals surface area (Å²) in [7, 11) is 0. The molecule has 0 aromatic carbocycles. The monoisotopic (exact) mass is 310 g/mol. The van der Waals surface area contributed by atoms with Crippen molar-refractivity contribution in [1.82, 2.24) is 20.3 Å². The lowest BCUT2D eigenvalue weighted by molar-refractivity contribution is 0.0952. The lowest BCUT2D eigenvalue weighted by Crippen LogP contribution is -2.27. The molecule has 1 fully saturated rings. The number of amides is 1. The average molecular weight is 311 g/mol. The summed E-state index contributed by atoms with van der Waals surface area (Å²) < 4.78 is 2.40. The molecule has 3 rings (SSSR count). The highest BCUT2D eigenvalue weighted by Crippen LogP contribution is 2.46. The Morgan fingerprint density at radius 2 is 2.40 bits per heavy atom. The van der Waals surface area contributed by atoms with E-state index in [0.29, 0.717) is 23.0 Å². The van der Waals surface area contributed by atoms with Gasteiger partial charge in [0.05, 0.1) is 22.1 Å². The van der Waals surface area contributed by atoms with Gasteiger partial charge in [0.2, 0.25) is 0 Å². The van der Waals surface area contributed by atoms with Gasteiger partial charge in [0.1, 0.15) is 0 Å². The zero-order valence-electron chi connectivity index (χ0n) is 11.1. The van der Waals surface area contributed by atoms with E-state index in [2.05, 4.69) is 22.6 Å². The Morgan fingerprint density at radius 1 is 1.60 bits per heavy atom. The first-order valence-corrected chi connectivity index (χ1v) is 7.75. The third-order valence-electron chi connectivity index (χ3n) is 3.61. The minimum Gasteiger partial charge on any atom is -0.350 e. The van der Waals surface area contributed by atoms with Crippen molar-refractivity contribution in [2.24, 2.45) is 0 Å². The Hall–Kier alpha value is -1.40. The largest absolute Gasteiger partial charge is 0.350 e. The van der Waals surface area contributed by atoms with E-state index >= 15 is 0 Å². The van der Waals surface area contributed by atoms with Crippen LogP contribution in [0.25, 0.3) is 0 Å². The van der Waals surface area contributed by atoms with Gasteiger partial charge < -0.3 is 5.32 Å². The molecule has 1 saturated carbocycles. The number of nitrogens with zero attached hydrogens (tertiary/aromatic N) is 3. The summed E-state index contributed by atoms with van der Waals surface area (Å²) in [4.78, 5) is 11.8. The van der Waals surface area contributed by atoms with Crippen LogP contribution >= 0.6 is 22.9 Å². The molecular weight excluding hydrogens is 296 g/mol. The van der Waals surface area contributed by atoms with Crippen LogP contribution in [0.1, 0.15) is 35.8 Å². The molecule has 0 atom stereocenters. The van der Waals surface area contributed by atoms with Gasteiger partial charge in [-0.25, -0.2) is 0 Å². The van der Waals surface area contributed by atoms with E-state index in [1.54, 1.807) is 16.1 Å². The maximum absolute atomic E-state index is 11.8. The molecule has 2 aromatic heterocycles. The lowest BCUT2D eigenvalue weighted by Gasteiger charge is -2.03. The quantitative estimate of drug-likeness (QED) is 0.923. The number of nitrogens with one attached hydrogen (secondary N) is 1. The molecule has 2 aromatic rings. The second-order valence-electron chi connectivity index (χ2n) is 5.32. The number of carbonyl (C=O) groups is 1. The molecule has 5 nitrogen and oxygen atoms in total. The third-order valence-corrected chi connectivity index (χ3v) is 4.70. The summed E-state index contributed by atoms with van der Waals surface area (Å²) in [5.74, 6) is -0.109. The lowest BCUT2D eigenvalue weighted by atomic mass is 10.1. The molecule has 7 heteroatoms. The van der Waals surface area contributed by atoms with Crippen molar-refractivity contribution < 1.29 is 4.79 Å². The van der Waals surface area contributed by atoms with Gasteiger partial charge in [0.15, 0.2) is 0 Å². The van der Waals surface area contributed by atoms with Gasteiger partial charge in [-0.05, 0) is 18.9 Å². The topological polar surface area (TPSA) is 59.8 Å². The highest BCUT2D eigenvalue weighted by molar-refractivity contribution is 7.14. The highest BCUT2D eigenvalue weighted by atomic mass is 35.5. The van der Waals surface area contributed by atoms with E-state index in [1.165, 1.54) is 24.2 Å². The Kier molecular flexibility index (Phi) is 3.52. The molecule has 0 unspecified atom stereocenters. The molecule has 1 aliphatic carbocycles. The molecule has 0 aliphatic heterocycles. The first-order valence-electron chi connectivity index (χ1n) is 6.50. The van der Waals surface area contributed by atoms with Crippen molar-refractivity contribution in [1.29, 1.82) is 0 Å². The van der Waals surface area contributed by atoms with Crippen LogP contribution in [0, 0.1) is 0 Å². The van der Waals surface area contributed by atoms with E-state index in [0.717, 1.165) is 5.69 Å². The fourth-order valence-corrected chi connectivity index (χ4v) is 2.80. The van der Waals surface area contributed by atoms with Crippen LogP contribution in [0.3, 0.4) is 0 Å². The third kappa shape index (κ3) is 2.86. The van der Waals surface area contributed by atoms with Crippen LogP contribution in [-0.4, -0.2) is 27.4 Å². The number of carbonyl (C=O) groups excluding carboxylic acids is 1. The molecular formula is C13H15ClN4OS. The Balaban J connectivity index is 1.50. The van der Waals surface area contributed by atoms with E-state index in [9.17, 15) is 4.79 Å². The average Bonchev–Trinajstić information content (AvgIpc) is 2.85. The van der Waals surface area contributed by atoms with Crippen molar-refractivity contribution in [3.05, 3.63) is 33.2 Å². The maximum Gasteiger partial charge on any atom is 0.252 e. The van der Waals surface area contributed by atoms with E-state index in [1.807, 2.05) is 6.20 Å². The second kappa shape index (κ2) is 5.18. The Morgan fingerprint density at radius 3 is 3.05 bits per heavy atom. The zero-order valence-corrected chi connectivity index (χ0v) is 12.7. The fourth-order valence-electron chi connectivity index (χ4n) is 1.94. The molecule has 0 spiro atoms. The van der Waals surface area contributed by atoms with Crippen LogP contribution in [0.4, 0.5) is 0 Å². The predicted octanol–water partition coefficient (Wildman–Crippen LogP) is 2.47. The van der Waals surface area contributed by atoms with Gasteiger partial charge in [-0.3, -0.25) is 9.48 Å². The minimum atomic E-state index is -0.109. The first-order chi connectivity index (χ1) is 9.57. The van der Waals surface area contributed by atoms with Gasteiger partial charge in [-0.1, -0.05) is 23.7 Å². The minimum absolute atomic E-state index is 0.109. The highest BCUT2D eigenvalue weighted by Gasteiger charge is 2.41. The number of hydrogen-bond donors (Lipinski definition) is 1. The van der Waals surface area contributed by atoms with Gasteiger partial charge in [-0.15, -0.1) is 16.4 Å². The molecule has 0 saturated heterocycles. The van der Waals surface area contributed by atoms with Crippen molar-refractivity contribution in [2.75, 3.05) is 6.54 Å². The summed E-state index contributed by atoms with van der Waals surface area (Å²) in [6.45, 7) is 3.34. The Labute approximate surface area is 125 Å². The SMILES string of the molecule is CC1(c2cn(CCNC(=O)c3csc(Cl)c3)nn2)CC1. The van der Waals surface area contributed by atoms with Crippen LogP contribution < -0.4 is 5.32 Å². The van der Waals surface area contributed by atoms with E-state index < -0.39 is 0 Å². The molecule has 1 aliphatic rings. The summed E-state index contributed by atoms with van der Waals surface area (Å²) in [5.41, 5.74) is 1.88. The molecule has 0 radical (unpaired) electrons. The molecule has 1 N–H and O–H groups in total. The Bertz CT molecular complexity index is 632. The molecule has 2 heterocycles. The van der Waals surface area contributed by atoms with E-state index in [4.69, 9.17) is 11.6 Å². The second-order valence-corrected chi connectivity index (χ2v) is 6.87. The summed E-state index contributed by atoms with van der Waals surface area (Å²) >= 11 is 7.15. The van der Waals surface area contributed by atoms with Crippen molar-refractivity contribution in [3.63, 3.8) is 0 Å². The van der Waals surface area contributed by atoms with Crippen LogP contribution in [0.15, 0.2) is 17.6 Å². The molecule has 0 bridgehead atoms. The van der Waals surface area contributed by atoms with Crippen molar-refractivity contribution in [2.45, 2.75) is 31.7 Å². The van der Waals surface area contributed by atoms with Gasteiger partial charge in [0.25, 0.3) is 5.91 Å². The van der Waals surface area contributed by atoms with Gasteiger partial charge >= 0.3 is 0 Å². The summed E-state index contributed by atoms with van der Waals surface area (Å²) in [6, 6.07) is 1.67.